The molecule has 8 nitrogen and oxygen atoms in total. The molecule has 1 rings (SSSR count). The Balaban J connectivity index is 3.20. The first-order valence-corrected chi connectivity index (χ1v) is 8.63. The van der Waals surface area contributed by atoms with Crippen molar-refractivity contribution in [3.8, 4) is 0 Å². The normalized spacial score (nSPS) is 11.4. The largest absolute Gasteiger partial charge is 0.443 e. The molecule has 0 atom stereocenters. The molecule has 1 aromatic carbocycles. The number of benzene rings is 1. The zero-order valence-electron chi connectivity index (χ0n) is 17.2. The third kappa shape index (κ3) is 8.24. The van der Waals surface area contributed by atoms with E-state index in [4.69, 9.17) is 9.47 Å². The number of carbonyl (C=O) groups is 3. The Hall–Kier alpha value is -2.84. The number of hydrogen-bond acceptors (Lipinski definition) is 7. The number of rotatable bonds is 4. The number of nitrogens with one attached hydrogen (secondary N) is 1. The molecule has 0 aliphatic rings. The molecule has 28 heavy (non-hydrogen) atoms. The molecule has 0 spiro atoms. The monoisotopic (exact) mass is 398 g/mol. The smallest absolute Gasteiger partial charge is 0.420 e. The Morgan fingerprint density at radius 1 is 1.00 bits per heavy atom. The van der Waals surface area contributed by atoms with Crippen LogP contribution in [0, 0.1) is 5.82 Å². The van der Waals surface area contributed by atoms with Gasteiger partial charge in [0.1, 0.15) is 17.0 Å². The summed E-state index contributed by atoms with van der Waals surface area (Å²) in [5.41, 5.74) is 0.998. The highest BCUT2D eigenvalue weighted by molar-refractivity contribution is 5.88. The van der Waals surface area contributed by atoms with E-state index in [1.807, 2.05) is 0 Å². The van der Waals surface area contributed by atoms with Crippen LogP contribution in [0.15, 0.2) is 18.2 Å². The van der Waals surface area contributed by atoms with E-state index in [2.05, 4.69) is 10.3 Å². The molecule has 0 heterocycles. The van der Waals surface area contributed by atoms with Crippen LogP contribution in [0.25, 0.3) is 0 Å². The average molecular weight is 398 g/mol. The van der Waals surface area contributed by atoms with Crippen LogP contribution in [-0.2, 0) is 25.7 Å². The fourth-order valence-electron chi connectivity index (χ4n) is 1.92. The van der Waals surface area contributed by atoms with Gasteiger partial charge in [0.15, 0.2) is 0 Å². The van der Waals surface area contributed by atoms with E-state index in [0.29, 0.717) is 5.56 Å². The molecule has 0 bridgehead atoms. The van der Waals surface area contributed by atoms with Crippen LogP contribution in [0.4, 0.5) is 19.7 Å². The molecule has 1 aromatic rings. The first kappa shape index (κ1) is 23.2. The van der Waals surface area contributed by atoms with Gasteiger partial charge in [-0.05, 0) is 53.2 Å². The number of anilines is 1. The minimum Gasteiger partial charge on any atom is -0.443 e. The minimum absolute atomic E-state index is 0.0762. The van der Waals surface area contributed by atoms with Gasteiger partial charge in [0.2, 0.25) is 0 Å². The van der Waals surface area contributed by atoms with E-state index in [1.54, 1.807) is 41.5 Å². The standard InChI is InChI=1S/C19H27FN2O6/c1-12(23)28-21-15-10-14(20)9-8-13(15)11-22(16(24)26-18(2,3)4)17(25)27-19(5,6)7/h8-10,21H,11H2,1-7H3. The van der Waals surface area contributed by atoms with Gasteiger partial charge in [-0.3, -0.25) is 4.79 Å². The van der Waals surface area contributed by atoms with Crippen LogP contribution >= 0.6 is 0 Å². The highest BCUT2D eigenvalue weighted by Gasteiger charge is 2.32. The summed E-state index contributed by atoms with van der Waals surface area (Å²) in [5.74, 6) is -1.24. The molecule has 0 saturated heterocycles. The van der Waals surface area contributed by atoms with Crippen LogP contribution in [0.3, 0.4) is 0 Å². The van der Waals surface area contributed by atoms with Crippen molar-refractivity contribution in [1.29, 1.82) is 0 Å². The van der Waals surface area contributed by atoms with Gasteiger partial charge in [-0.2, -0.15) is 0 Å². The van der Waals surface area contributed by atoms with Crippen molar-refractivity contribution in [3.05, 3.63) is 29.6 Å². The molecule has 0 aliphatic carbocycles. The zero-order valence-corrected chi connectivity index (χ0v) is 17.2. The maximum absolute atomic E-state index is 13.6. The first-order valence-electron chi connectivity index (χ1n) is 8.63. The van der Waals surface area contributed by atoms with E-state index in [-0.39, 0.29) is 12.2 Å². The van der Waals surface area contributed by atoms with Crippen molar-refractivity contribution in [2.45, 2.75) is 66.2 Å². The number of carbonyl (C=O) groups excluding carboxylic acids is 3. The van der Waals surface area contributed by atoms with Crippen LogP contribution in [0.1, 0.15) is 54.0 Å². The van der Waals surface area contributed by atoms with E-state index >= 15 is 0 Å². The summed E-state index contributed by atoms with van der Waals surface area (Å²) < 4.78 is 24.1. The fourth-order valence-corrected chi connectivity index (χ4v) is 1.92. The lowest BCUT2D eigenvalue weighted by atomic mass is 10.1. The van der Waals surface area contributed by atoms with Gasteiger partial charge < -0.3 is 14.3 Å². The Labute approximate surface area is 163 Å². The van der Waals surface area contributed by atoms with Gasteiger partial charge in [-0.1, -0.05) is 6.07 Å². The molecule has 156 valence electrons. The minimum atomic E-state index is -0.926. The molecule has 0 fully saturated rings. The molecule has 9 heteroatoms. The van der Waals surface area contributed by atoms with E-state index < -0.39 is 35.2 Å². The van der Waals surface area contributed by atoms with Crippen molar-refractivity contribution in [3.63, 3.8) is 0 Å². The molecule has 1 N–H and O–H groups in total. The summed E-state index contributed by atoms with van der Waals surface area (Å²) in [6.45, 7) is 10.8. The Kier molecular flexibility index (Phi) is 7.37. The van der Waals surface area contributed by atoms with Gasteiger partial charge in [0, 0.05) is 13.0 Å². The van der Waals surface area contributed by atoms with Crippen molar-refractivity contribution in [2.75, 3.05) is 5.48 Å². The van der Waals surface area contributed by atoms with Crippen molar-refractivity contribution in [2.24, 2.45) is 0 Å². The molecule has 0 aliphatic heterocycles. The highest BCUT2D eigenvalue weighted by Crippen LogP contribution is 2.22. The number of halogens is 1. The van der Waals surface area contributed by atoms with Gasteiger partial charge in [-0.25, -0.2) is 24.4 Å². The number of ether oxygens (including phenoxy) is 2. The Bertz CT molecular complexity index is 709. The van der Waals surface area contributed by atoms with Gasteiger partial charge in [0.05, 0.1) is 12.2 Å². The molecular formula is C19H27FN2O6. The first-order chi connectivity index (χ1) is 12.7. The third-order valence-corrected chi connectivity index (χ3v) is 2.93. The van der Waals surface area contributed by atoms with Crippen molar-refractivity contribution < 1.29 is 33.1 Å². The second-order valence-corrected chi connectivity index (χ2v) is 8.04. The second-order valence-electron chi connectivity index (χ2n) is 8.04. The van der Waals surface area contributed by atoms with E-state index in [1.165, 1.54) is 13.0 Å². The summed E-state index contributed by atoms with van der Waals surface area (Å²) >= 11 is 0. The molecule has 0 unspecified atom stereocenters. The van der Waals surface area contributed by atoms with E-state index in [9.17, 15) is 18.8 Å². The van der Waals surface area contributed by atoms with Crippen LogP contribution in [0.2, 0.25) is 0 Å². The summed E-state index contributed by atoms with van der Waals surface area (Å²) in [6, 6.07) is 3.57. The topological polar surface area (TPSA) is 94.2 Å². The number of imide groups is 1. The predicted molar refractivity (Wildman–Crippen MR) is 99.8 cm³/mol. The summed E-state index contributed by atoms with van der Waals surface area (Å²) in [5, 5.41) is 0. The molecule has 0 aromatic heterocycles. The van der Waals surface area contributed by atoms with Crippen molar-refractivity contribution >= 4 is 23.8 Å². The van der Waals surface area contributed by atoms with Gasteiger partial charge >= 0.3 is 18.2 Å². The lowest BCUT2D eigenvalue weighted by molar-refractivity contribution is -0.138. The molecular weight excluding hydrogens is 371 g/mol. The number of amides is 2. The average Bonchev–Trinajstić information content (AvgIpc) is 2.48. The van der Waals surface area contributed by atoms with Crippen LogP contribution in [0.5, 0.6) is 0 Å². The van der Waals surface area contributed by atoms with Crippen molar-refractivity contribution in [1.82, 2.24) is 4.90 Å². The summed E-state index contributed by atoms with van der Waals surface area (Å²) in [6.07, 6.45) is -1.85. The maximum atomic E-state index is 13.6. The number of nitrogens with zero attached hydrogens (tertiary/aromatic N) is 1. The lowest BCUT2D eigenvalue weighted by Crippen LogP contribution is -2.43. The zero-order chi connectivity index (χ0) is 21.7. The highest BCUT2D eigenvalue weighted by atomic mass is 19.1. The van der Waals surface area contributed by atoms with Gasteiger partial charge in [0.25, 0.3) is 0 Å². The molecule has 0 saturated carbocycles. The maximum Gasteiger partial charge on any atom is 0.420 e. The van der Waals surface area contributed by atoms with Crippen LogP contribution < -0.4 is 5.48 Å². The summed E-state index contributed by atoms with van der Waals surface area (Å²) in [7, 11) is 0. The molecule has 0 radical (unpaired) electrons. The van der Waals surface area contributed by atoms with E-state index in [0.717, 1.165) is 17.0 Å². The third-order valence-electron chi connectivity index (χ3n) is 2.93. The molecule has 2 amide bonds. The SMILES string of the molecule is CC(=O)ONc1cc(F)ccc1CN(C(=O)OC(C)(C)C)C(=O)OC(C)(C)C. The lowest BCUT2D eigenvalue weighted by Gasteiger charge is -2.29. The predicted octanol–water partition coefficient (Wildman–Crippen LogP) is 4.39. The quantitative estimate of drug-likeness (QED) is 0.594. The summed E-state index contributed by atoms with van der Waals surface area (Å²) in [4.78, 5) is 41.6. The Morgan fingerprint density at radius 2 is 1.50 bits per heavy atom. The number of hydrogen-bond donors (Lipinski definition) is 1. The van der Waals surface area contributed by atoms with Gasteiger partial charge in [-0.15, -0.1) is 0 Å². The second kappa shape index (κ2) is 8.90. The fraction of sp³-hybridized carbons (Fsp3) is 0.526. The van der Waals surface area contributed by atoms with Crippen LogP contribution in [-0.4, -0.2) is 34.3 Å². The Morgan fingerprint density at radius 3 is 1.93 bits per heavy atom.